The minimum Gasteiger partial charge on any atom is -0.487 e. The van der Waals surface area contributed by atoms with Gasteiger partial charge >= 0.3 is 0 Å². The van der Waals surface area contributed by atoms with Crippen LogP contribution in [0.5, 0.6) is 5.75 Å². The number of rotatable bonds is 0. The SMILES string of the molecule is CC1(C)CC2(CCNCC2)Oc2ccccc21. The molecule has 92 valence electrons. The van der Waals surface area contributed by atoms with E-state index < -0.39 is 0 Å². The van der Waals surface area contributed by atoms with Gasteiger partial charge in [-0.15, -0.1) is 0 Å². The highest BCUT2D eigenvalue weighted by Crippen LogP contribution is 2.47. The van der Waals surface area contributed by atoms with Crippen LogP contribution in [-0.4, -0.2) is 18.7 Å². The fourth-order valence-corrected chi connectivity index (χ4v) is 3.45. The van der Waals surface area contributed by atoms with Crippen LogP contribution in [0.15, 0.2) is 24.3 Å². The molecule has 0 bridgehead atoms. The smallest absolute Gasteiger partial charge is 0.123 e. The highest BCUT2D eigenvalue weighted by Gasteiger charge is 2.45. The van der Waals surface area contributed by atoms with Gasteiger partial charge in [-0.1, -0.05) is 32.0 Å². The molecule has 1 spiro atoms. The maximum Gasteiger partial charge on any atom is 0.123 e. The molecule has 1 aromatic carbocycles. The summed E-state index contributed by atoms with van der Waals surface area (Å²) in [6.07, 6.45) is 3.40. The van der Waals surface area contributed by atoms with Crippen LogP contribution in [0.4, 0.5) is 0 Å². The standard InChI is InChI=1S/C15H21NO/c1-14(2)11-15(7-9-16-10-8-15)17-13-6-4-3-5-12(13)14/h3-6,16H,7-11H2,1-2H3. The van der Waals surface area contributed by atoms with E-state index in [4.69, 9.17) is 4.74 Å². The minimum atomic E-state index is 0.0725. The Balaban J connectivity index is 2.00. The van der Waals surface area contributed by atoms with Crippen molar-refractivity contribution in [2.75, 3.05) is 13.1 Å². The quantitative estimate of drug-likeness (QED) is 0.741. The number of para-hydroxylation sites is 1. The van der Waals surface area contributed by atoms with Gasteiger partial charge in [0.05, 0.1) is 0 Å². The average Bonchev–Trinajstić information content (AvgIpc) is 2.29. The Morgan fingerprint density at radius 2 is 1.82 bits per heavy atom. The third-order valence-electron chi connectivity index (χ3n) is 4.22. The minimum absolute atomic E-state index is 0.0725. The molecule has 2 aliphatic rings. The Morgan fingerprint density at radius 1 is 1.12 bits per heavy atom. The van der Waals surface area contributed by atoms with Gasteiger partial charge in [0, 0.05) is 0 Å². The van der Waals surface area contributed by atoms with Gasteiger partial charge in [0.1, 0.15) is 11.4 Å². The monoisotopic (exact) mass is 231 g/mol. The normalized spacial score (nSPS) is 25.1. The van der Waals surface area contributed by atoms with E-state index in [1.807, 2.05) is 0 Å². The second-order valence-corrected chi connectivity index (χ2v) is 6.09. The second-order valence-electron chi connectivity index (χ2n) is 6.09. The largest absolute Gasteiger partial charge is 0.487 e. The Hall–Kier alpha value is -1.02. The molecule has 0 aliphatic carbocycles. The number of hydrogen-bond acceptors (Lipinski definition) is 2. The fourth-order valence-electron chi connectivity index (χ4n) is 3.45. The summed E-state index contributed by atoms with van der Waals surface area (Å²) in [6.45, 7) is 6.85. The van der Waals surface area contributed by atoms with Crippen LogP contribution in [0.1, 0.15) is 38.7 Å². The van der Waals surface area contributed by atoms with E-state index in [2.05, 4.69) is 43.4 Å². The van der Waals surface area contributed by atoms with Crippen molar-refractivity contribution >= 4 is 0 Å². The van der Waals surface area contributed by atoms with Crippen molar-refractivity contribution in [3.8, 4) is 5.75 Å². The summed E-state index contributed by atoms with van der Waals surface area (Å²) in [7, 11) is 0. The molecule has 0 unspecified atom stereocenters. The number of hydrogen-bond donors (Lipinski definition) is 1. The Morgan fingerprint density at radius 3 is 2.59 bits per heavy atom. The Labute approximate surface area is 103 Å². The van der Waals surface area contributed by atoms with Gasteiger partial charge in [-0.3, -0.25) is 0 Å². The summed E-state index contributed by atoms with van der Waals surface area (Å²) in [4.78, 5) is 0. The van der Waals surface area contributed by atoms with Gasteiger partial charge in [0.15, 0.2) is 0 Å². The molecule has 1 saturated heterocycles. The van der Waals surface area contributed by atoms with E-state index in [0.717, 1.165) is 38.1 Å². The number of fused-ring (bicyclic) bond motifs is 1. The molecule has 0 radical (unpaired) electrons. The number of benzene rings is 1. The highest BCUT2D eigenvalue weighted by atomic mass is 16.5. The van der Waals surface area contributed by atoms with E-state index >= 15 is 0 Å². The Kier molecular flexibility index (Phi) is 2.44. The van der Waals surface area contributed by atoms with Crippen molar-refractivity contribution in [2.24, 2.45) is 0 Å². The lowest BCUT2D eigenvalue weighted by Crippen LogP contribution is -2.52. The first-order valence-electron chi connectivity index (χ1n) is 6.61. The number of nitrogens with one attached hydrogen (secondary N) is 1. The number of piperidine rings is 1. The van der Waals surface area contributed by atoms with Gasteiger partial charge < -0.3 is 10.1 Å². The van der Waals surface area contributed by atoms with Crippen LogP contribution in [-0.2, 0) is 5.41 Å². The lowest BCUT2D eigenvalue weighted by atomic mass is 9.70. The van der Waals surface area contributed by atoms with Crippen LogP contribution in [0.25, 0.3) is 0 Å². The summed E-state index contributed by atoms with van der Waals surface area (Å²) in [5.41, 5.74) is 1.67. The van der Waals surface area contributed by atoms with Gasteiger partial charge in [0.2, 0.25) is 0 Å². The van der Waals surface area contributed by atoms with Gasteiger partial charge in [-0.05, 0) is 49.4 Å². The summed E-state index contributed by atoms with van der Waals surface area (Å²) in [5.74, 6) is 1.10. The summed E-state index contributed by atoms with van der Waals surface area (Å²) in [5, 5.41) is 3.43. The van der Waals surface area contributed by atoms with Gasteiger partial charge in [-0.2, -0.15) is 0 Å². The topological polar surface area (TPSA) is 21.3 Å². The average molecular weight is 231 g/mol. The zero-order chi connectivity index (χ0) is 11.9. The van der Waals surface area contributed by atoms with Gasteiger partial charge in [0.25, 0.3) is 0 Å². The molecular weight excluding hydrogens is 210 g/mol. The predicted molar refractivity (Wildman–Crippen MR) is 69.5 cm³/mol. The number of ether oxygens (including phenoxy) is 1. The first-order chi connectivity index (χ1) is 8.11. The first kappa shape index (κ1) is 11.1. The van der Waals surface area contributed by atoms with Crippen molar-refractivity contribution < 1.29 is 4.74 Å². The van der Waals surface area contributed by atoms with Crippen molar-refractivity contribution in [3.63, 3.8) is 0 Å². The molecule has 2 nitrogen and oxygen atoms in total. The lowest BCUT2D eigenvalue weighted by molar-refractivity contribution is -0.00684. The van der Waals surface area contributed by atoms with Crippen molar-refractivity contribution in [3.05, 3.63) is 29.8 Å². The fraction of sp³-hybridized carbons (Fsp3) is 0.600. The molecule has 1 fully saturated rings. The van der Waals surface area contributed by atoms with Crippen LogP contribution in [0.2, 0.25) is 0 Å². The molecule has 2 heteroatoms. The Bertz CT molecular complexity index is 419. The molecule has 0 atom stereocenters. The second kappa shape index (κ2) is 3.74. The van der Waals surface area contributed by atoms with Crippen molar-refractivity contribution in [1.82, 2.24) is 5.32 Å². The summed E-state index contributed by atoms with van der Waals surface area (Å²) >= 11 is 0. The molecule has 2 heterocycles. The van der Waals surface area contributed by atoms with E-state index in [-0.39, 0.29) is 11.0 Å². The molecule has 3 rings (SSSR count). The molecule has 0 aromatic heterocycles. The van der Waals surface area contributed by atoms with Crippen LogP contribution < -0.4 is 10.1 Å². The molecule has 0 amide bonds. The summed E-state index contributed by atoms with van der Waals surface area (Å²) in [6, 6.07) is 8.53. The van der Waals surface area contributed by atoms with E-state index in [1.54, 1.807) is 0 Å². The van der Waals surface area contributed by atoms with E-state index in [1.165, 1.54) is 5.56 Å². The summed E-state index contributed by atoms with van der Waals surface area (Å²) < 4.78 is 6.36. The molecule has 1 N–H and O–H groups in total. The van der Waals surface area contributed by atoms with Crippen LogP contribution in [0.3, 0.4) is 0 Å². The molecule has 1 aromatic rings. The zero-order valence-corrected chi connectivity index (χ0v) is 10.8. The van der Waals surface area contributed by atoms with Crippen LogP contribution in [0, 0.1) is 0 Å². The van der Waals surface area contributed by atoms with E-state index in [9.17, 15) is 0 Å². The third-order valence-corrected chi connectivity index (χ3v) is 4.22. The van der Waals surface area contributed by atoms with Crippen molar-refractivity contribution in [2.45, 2.75) is 44.1 Å². The van der Waals surface area contributed by atoms with E-state index in [0.29, 0.717) is 0 Å². The molecule has 2 aliphatic heterocycles. The van der Waals surface area contributed by atoms with Gasteiger partial charge in [-0.25, -0.2) is 0 Å². The predicted octanol–water partition coefficient (Wildman–Crippen LogP) is 2.87. The maximum absolute atomic E-state index is 6.36. The molecule has 17 heavy (non-hydrogen) atoms. The highest BCUT2D eigenvalue weighted by molar-refractivity contribution is 5.42. The molecule has 0 saturated carbocycles. The zero-order valence-electron chi connectivity index (χ0n) is 10.8. The maximum atomic E-state index is 6.36. The molecular formula is C15H21NO. The lowest BCUT2D eigenvalue weighted by Gasteiger charge is -2.48. The third kappa shape index (κ3) is 1.85. The van der Waals surface area contributed by atoms with Crippen LogP contribution >= 0.6 is 0 Å². The van der Waals surface area contributed by atoms with Crippen molar-refractivity contribution in [1.29, 1.82) is 0 Å². The first-order valence-corrected chi connectivity index (χ1v) is 6.61.